The number of hydrogen-bond acceptors (Lipinski definition) is 2. The third-order valence-electron chi connectivity index (χ3n) is 4.64. The van der Waals surface area contributed by atoms with E-state index in [0.717, 1.165) is 23.8 Å². The summed E-state index contributed by atoms with van der Waals surface area (Å²) in [6.45, 7) is 7.82. The van der Waals surface area contributed by atoms with Crippen molar-refractivity contribution in [3.05, 3.63) is 16.4 Å². The van der Waals surface area contributed by atoms with Crippen molar-refractivity contribution in [2.75, 3.05) is 6.54 Å². The van der Waals surface area contributed by atoms with Crippen LogP contribution in [-0.4, -0.2) is 21.9 Å². The lowest BCUT2D eigenvalue weighted by molar-refractivity contribution is 0.225. The summed E-state index contributed by atoms with van der Waals surface area (Å²) in [6.07, 6.45) is 6.15. The zero-order valence-electron chi connectivity index (χ0n) is 12.6. The van der Waals surface area contributed by atoms with Crippen LogP contribution in [0.5, 0.6) is 0 Å². The molecule has 4 heteroatoms. The van der Waals surface area contributed by atoms with Gasteiger partial charge in [0, 0.05) is 18.2 Å². The van der Waals surface area contributed by atoms with Gasteiger partial charge in [0.2, 0.25) is 0 Å². The van der Waals surface area contributed by atoms with Crippen molar-refractivity contribution in [3.8, 4) is 0 Å². The van der Waals surface area contributed by atoms with Crippen molar-refractivity contribution in [2.24, 2.45) is 13.0 Å². The van der Waals surface area contributed by atoms with Crippen LogP contribution in [0, 0.1) is 12.8 Å². The fraction of sp³-hybridized carbons (Fsp3) is 0.800. The number of rotatable bonds is 3. The summed E-state index contributed by atoms with van der Waals surface area (Å²) in [5, 5.41) is 9.05. The van der Waals surface area contributed by atoms with Gasteiger partial charge in [0.05, 0.1) is 5.69 Å². The van der Waals surface area contributed by atoms with Crippen LogP contribution in [0.3, 0.4) is 0 Å². The molecule has 1 aliphatic rings. The van der Waals surface area contributed by atoms with Crippen LogP contribution in [0.4, 0.5) is 0 Å². The molecule has 1 atom stereocenters. The van der Waals surface area contributed by atoms with Gasteiger partial charge in [0.1, 0.15) is 5.15 Å². The molecule has 0 spiro atoms. The van der Waals surface area contributed by atoms with E-state index in [1.54, 1.807) is 4.68 Å². The van der Waals surface area contributed by atoms with E-state index in [4.69, 9.17) is 11.6 Å². The highest BCUT2D eigenvalue weighted by Crippen LogP contribution is 2.33. The second-order valence-corrected chi connectivity index (χ2v) is 6.56. The van der Waals surface area contributed by atoms with Crippen molar-refractivity contribution < 1.29 is 0 Å². The van der Waals surface area contributed by atoms with Crippen LogP contribution in [-0.2, 0) is 13.5 Å². The average Bonchev–Trinajstić information content (AvgIpc) is 2.58. The summed E-state index contributed by atoms with van der Waals surface area (Å²) in [7, 11) is 1.92. The summed E-state index contributed by atoms with van der Waals surface area (Å²) in [5.74, 6) is 0.598. The highest BCUT2D eigenvalue weighted by atomic mass is 35.5. The number of aryl methyl sites for hydroxylation is 2. The lowest BCUT2D eigenvalue weighted by Crippen LogP contribution is -2.51. The summed E-state index contributed by atoms with van der Waals surface area (Å²) in [6, 6.07) is 0. The van der Waals surface area contributed by atoms with Gasteiger partial charge < -0.3 is 5.32 Å². The molecule has 0 bridgehead atoms. The molecule has 0 saturated carbocycles. The smallest absolute Gasteiger partial charge is 0.130 e. The van der Waals surface area contributed by atoms with Crippen molar-refractivity contribution in [2.45, 2.75) is 58.4 Å². The molecule has 108 valence electrons. The maximum Gasteiger partial charge on any atom is 0.130 e. The molecule has 2 heterocycles. The standard InChI is InChI=1S/C15H26ClN3/c1-11(2)15(8-6-5-7-9-17-15)10-13-12(3)18-19(4)14(13)16/h11,17H,5-10H2,1-4H3. The number of halogens is 1. The Labute approximate surface area is 121 Å². The van der Waals surface area contributed by atoms with Gasteiger partial charge in [-0.05, 0) is 38.6 Å². The van der Waals surface area contributed by atoms with Crippen molar-refractivity contribution in [1.29, 1.82) is 0 Å². The van der Waals surface area contributed by atoms with Crippen LogP contribution in [0.15, 0.2) is 0 Å². The molecule has 0 amide bonds. The lowest BCUT2D eigenvalue weighted by Gasteiger charge is -2.38. The third kappa shape index (κ3) is 2.97. The number of nitrogens with one attached hydrogen (secondary N) is 1. The zero-order valence-corrected chi connectivity index (χ0v) is 13.3. The first-order valence-electron chi connectivity index (χ1n) is 7.39. The predicted molar refractivity (Wildman–Crippen MR) is 80.7 cm³/mol. The Morgan fingerprint density at radius 1 is 1.37 bits per heavy atom. The highest BCUT2D eigenvalue weighted by molar-refractivity contribution is 6.30. The number of aromatic nitrogens is 2. The van der Waals surface area contributed by atoms with Crippen molar-refractivity contribution in [1.82, 2.24) is 15.1 Å². The van der Waals surface area contributed by atoms with Gasteiger partial charge in [0.15, 0.2) is 0 Å². The lowest BCUT2D eigenvalue weighted by atomic mass is 9.77. The first-order chi connectivity index (χ1) is 8.96. The number of nitrogens with zero attached hydrogens (tertiary/aromatic N) is 2. The van der Waals surface area contributed by atoms with Crippen LogP contribution in [0.2, 0.25) is 5.15 Å². The predicted octanol–water partition coefficient (Wildman–Crippen LogP) is 3.48. The molecule has 1 aliphatic heterocycles. The molecule has 1 saturated heterocycles. The second kappa shape index (κ2) is 5.84. The van der Waals surface area contributed by atoms with E-state index < -0.39 is 0 Å². The Balaban J connectivity index is 2.30. The third-order valence-corrected chi connectivity index (χ3v) is 5.12. The van der Waals surface area contributed by atoms with Crippen molar-refractivity contribution >= 4 is 11.6 Å². The molecule has 1 unspecified atom stereocenters. The van der Waals surface area contributed by atoms with E-state index in [9.17, 15) is 0 Å². The van der Waals surface area contributed by atoms with Crippen LogP contribution >= 0.6 is 11.6 Å². The summed E-state index contributed by atoms with van der Waals surface area (Å²) >= 11 is 6.41. The van der Waals surface area contributed by atoms with Crippen LogP contribution < -0.4 is 5.32 Å². The van der Waals surface area contributed by atoms with Gasteiger partial charge in [0.25, 0.3) is 0 Å². The normalized spacial score (nSPS) is 24.7. The monoisotopic (exact) mass is 283 g/mol. The topological polar surface area (TPSA) is 29.9 Å². The molecule has 2 rings (SSSR count). The van der Waals surface area contributed by atoms with Crippen LogP contribution in [0.25, 0.3) is 0 Å². The maximum absolute atomic E-state index is 6.41. The van der Waals surface area contributed by atoms with E-state index >= 15 is 0 Å². The molecule has 0 aromatic carbocycles. The fourth-order valence-electron chi connectivity index (χ4n) is 3.21. The van der Waals surface area contributed by atoms with Gasteiger partial charge in [-0.1, -0.05) is 38.3 Å². The molecular weight excluding hydrogens is 258 g/mol. The quantitative estimate of drug-likeness (QED) is 0.920. The summed E-state index contributed by atoms with van der Waals surface area (Å²) < 4.78 is 1.79. The van der Waals surface area contributed by atoms with Gasteiger partial charge in [-0.3, -0.25) is 4.68 Å². The molecule has 1 aromatic rings. The van der Waals surface area contributed by atoms with E-state index in [1.165, 1.54) is 31.2 Å². The molecule has 1 N–H and O–H groups in total. The zero-order chi connectivity index (χ0) is 14.0. The minimum absolute atomic E-state index is 0.175. The maximum atomic E-state index is 6.41. The largest absolute Gasteiger partial charge is 0.311 e. The Kier molecular flexibility index (Phi) is 4.57. The Morgan fingerprint density at radius 2 is 2.11 bits per heavy atom. The Morgan fingerprint density at radius 3 is 2.68 bits per heavy atom. The highest BCUT2D eigenvalue weighted by Gasteiger charge is 2.35. The summed E-state index contributed by atoms with van der Waals surface area (Å²) in [5.41, 5.74) is 2.46. The Bertz CT molecular complexity index is 429. The van der Waals surface area contributed by atoms with Gasteiger partial charge in [-0.2, -0.15) is 5.10 Å². The SMILES string of the molecule is Cc1nn(C)c(Cl)c1CC1(C(C)C)CCCCCN1. The molecule has 1 aromatic heterocycles. The summed E-state index contributed by atoms with van der Waals surface area (Å²) in [4.78, 5) is 0. The minimum atomic E-state index is 0.175. The molecule has 3 nitrogen and oxygen atoms in total. The fourth-order valence-corrected chi connectivity index (χ4v) is 3.45. The molecule has 0 aliphatic carbocycles. The van der Waals surface area contributed by atoms with Gasteiger partial charge >= 0.3 is 0 Å². The molecule has 1 fully saturated rings. The van der Waals surface area contributed by atoms with Gasteiger partial charge in [-0.25, -0.2) is 0 Å². The van der Waals surface area contributed by atoms with E-state index in [2.05, 4.69) is 31.2 Å². The molecular formula is C15H26ClN3. The van der Waals surface area contributed by atoms with E-state index in [1.807, 2.05) is 7.05 Å². The van der Waals surface area contributed by atoms with E-state index in [-0.39, 0.29) is 5.54 Å². The molecule has 19 heavy (non-hydrogen) atoms. The first kappa shape index (κ1) is 14.9. The van der Waals surface area contributed by atoms with Crippen molar-refractivity contribution in [3.63, 3.8) is 0 Å². The van der Waals surface area contributed by atoms with Gasteiger partial charge in [-0.15, -0.1) is 0 Å². The second-order valence-electron chi connectivity index (χ2n) is 6.20. The number of hydrogen-bond donors (Lipinski definition) is 1. The Hall–Kier alpha value is -0.540. The van der Waals surface area contributed by atoms with Crippen LogP contribution in [0.1, 0.15) is 50.8 Å². The minimum Gasteiger partial charge on any atom is -0.311 e. The van der Waals surface area contributed by atoms with E-state index in [0.29, 0.717) is 5.92 Å². The molecule has 0 radical (unpaired) electrons. The average molecular weight is 284 g/mol. The first-order valence-corrected chi connectivity index (χ1v) is 7.77.